The lowest BCUT2D eigenvalue weighted by Gasteiger charge is -2.24. The Morgan fingerprint density at radius 2 is 2.08 bits per heavy atom. The molecular weight excluding hydrogens is 330 g/mol. The van der Waals surface area contributed by atoms with Gasteiger partial charge in [0.15, 0.2) is 5.82 Å². The number of aryl methyl sites for hydroxylation is 1. The number of hydrogen-bond acceptors (Lipinski definition) is 6. The number of pyridine rings is 1. The fourth-order valence-electron chi connectivity index (χ4n) is 3.43. The first kappa shape index (κ1) is 16.3. The molecule has 0 aliphatic heterocycles. The Bertz CT molecular complexity index is 952. The van der Waals surface area contributed by atoms with Crippen molar-refractivity contribution >= 4 is 11.9 Å². The van der Waals surface area contributed by atoms with Crippen molar-refractivity contribution in [2.45, 2.75) is 25.2 Å². The fraction of sp³-hybridized carbons (Fsp3) is 0.263. The van der Waals surface area contributed by atoms with Gasteiger partial charge in [0, 0.05) is 18.0 Å². The largest absolute Gasteiger partial charge is 0.497 e. The van der Waals surface area contributed by atoms with E-state index in [4.69, 9.17) is 10.5 Å². The van der Waals surface area contributed by atoms with Gasteiger partial charge < -0.3 is 10.5 Å². The summed E-state index contributed by atoms with van der Waals surface area (Å²) in [5.41, 5.74) is 8.91. The van der Waals surface area contributed by atoms with E-state index in [-0.39, 0.29) is 17.8 Å². The molecule has 1 aliphatic rings. The highest BCUT2D eigenvalue weighted by Crippen LogP contribution is 2.35. The predicted molar refractivity (Wildman–Crippen MR) is 97.0 cm³/mol. The fourth-order valence-corrected chi connectivity index (χ4v) is 3.43. The molecule has 0 fully saturated rings. The minimum atomic E-state index is -0.279. The SMILES string of the molecule is COc1ccc2c(c1)CCCC2C(=O)n1nc(-c2ccncc2)nc1N. The van der Waals surface area contributed by atoms with Crippen LogP contribution in [0.1, 0.15) is 34.7 Å². The van der Waals surface area contributed by atoms with Gasteiger partial charge in [-0.2, -0.15) is 9.67 Å². The molecule has 132 valence electrons. The number of benzene rings is 1. The highest BCUT2D eigenvalue weighted by atomic mass is 16.5. The molecule has 2 heterocycles. The molecule has 0 saturated carbocycles. The minimum Gasteiger partial charge on any atom is -0.497 e. The van der Waals surface area contributed by atoms with Crippen molar-refractivity contribution in [1.29, 1.82) is 0 Å². The molecular formula is C19H19N5O2. The van der Waals surface area contributed by atoms with Crippen molar-refractivity contribution in [3.8, 4) is 17.1 Å². The second kappa shape index (κ2) is 6.59. The maximum atomic E-state index is 13.1. The van der Waals surface area contributed by atoms with Crippen molar-refractivity contribution in [2.24, 2.45) is 0 Å². The average Bonchev–Trinajstić information content (AvgIpc) is 3.09. The number of fused-ring (bicyclic) bond motifs is 1. The van der Waals surface area contributed by atoms with Crippen LogP contribution in [0.5, 0.6) is 5.75 Å². The lowest BCUT2D eigenvalue weighted by molar-refractivity contribution is 0.0855. The monoisotopic (exact) mass is 349 g/mol. The summed E-state index contributed by atoms with van der Waals surface area (Å²) in [6.07, 6.45) is 5.94. The standard InChI is InChI=1S/C19H19N5O2/c1-26-14-5-6-15-13(11-14)3-2-4-16(15)18(25)24-19(20)22-17(23-24)12-7-9-21-10-8-12/h5-11,16H,2-4H2,1H3,(H2,20,22,23). The summed E-state index contributed by atoms with van der Waals surface area (Å²) in [5, 5.41) is 4.34. The van der Waals surface area contributed by atoms with Crippen LogP contribution in [0.3, 0.4) is 0 Å². The third kappa shape index (κ3) is 2.81. The first-order valence-electron chi connectivity index (χ1n) is 8.51. The molecule has 1 atom stereocenters. The zero-order valence-electron chi connectivity index (χ0n) is 14.4. The smallest absolute Gasteiger partial charge is 0.257 e. The highest BCUT2D eigenvalue weighted by Gasteiger charge is 2.30. The van der Waals surface area contributed by atoms with Crippen molar-refractivity contribution < 1.29 is 9.53 Å². The predicted octanol–water partition coefficient (Wildman–Crippen LogP) is 2.69. The van der Waals surface area contributed by atoms with Crippen molar-refractivity contribution in [2.75, 3.05) is 12.8 Å². The third-order valence-electron chi connectivity index (χ3n) is 4.74. The summed E-state index contributed by atoms with van der Waals surface area (Å²) in [6, 6.07) is 9.42. The first-order chi connectivity index (χ1) is 12.7. The zero-order chi connectivity index (χ0) is 18.1. The van der Waals surface area contributed by atoms with E-state index >= 15 is 0 Å². The lowest BCUT2D eigenvalue weighted by Crippen LogP contribution is -2.26. The molecule has 0 spiro atoms. The van der Waals surface area contributed by atoms with Crippen molar-refractivity contribution in [3.05, 3.63) is 53.9 Å². The van der Waals surface area contributed by atoms with Gasteiger partial charge in [-0.3, -0.25) is 9.78 Å². The minimum absolute atomic E-state index is 0.0995. The number of ether oxygens (including phenoxy) is 1. The van der Waals surface area contributed by atoms with Crippen LogP contribution in [0, 0.1) is 0 Å². The molecule has 2 aromatic heterocycles. The number of carbonyl (C=O) groups excluding carboxylic acids is 1. The summed E-state index contributed by atoms with van der Waals surface area (Å²) in [6.45, 7) is 0. The molecule has 4 rings (SSSR count). The normalized spacial score (nSPS) is 16.1. The maximum Gasteiger partial charge on any atom is 0.257 e. The van der Waals surface area contributed by atoms with Crippen LogP contribution < -0.4 is 10.5 Å². The van der Waals surface area contributed by atoms with Gasteiger partial charge in [0.1, 0.15) is 5.75 Å². The molecule has 7 heteroatoms. The summed E-state index contributed by atoms with van der Waals surface area (Å²) < 4.78 is 6.52. The van der Waals surface area contributed by atoms with Gasteiger partial charge in [0.25, 0.3) is 5.91 Å². The van der Waals surface area contributed by atoms with E-state index in [9.17, 15) is 4.79 Å². The molecule has 0 saturated heterocycles. The number of rotatable bonds is 3. The summed E-state index contributed by atoms with van der Waals surface area (Å²) >= 11 is 0. The van der Waals surface area contributed by atoms with Crippen LogP contribution in [-0.2, 0) is 6.42 Å². The Labute approximate surface area is 150 Å². The summed E-state index contributed by atoms with van der Waals surface area (Å²) in [4.78, 5) is 21.3. The number of nitrogens with two attached hydrogens (primary N) is 1. The number of aromatic nitrogens is 4. The molecule has 0 radical (unpaired) electrons. The van der Waals surface area contributed by atoms with E-state index in [2.05, 4.69) is 15.1 Å². The van der Waals surface area contributed by atoms with E-state index in [0.717, 1.165) is 41.7 Å². The van der Waals surface area contributed by atoms with Crippen molar-refractivity contribution in [1.82, 2.24) is 19.7 Å². The maximum absolute atomic E-state index is 13.1. The number of nitrogens with zero attached hydrogens (tertiary/aromatic N) is 4. The highest BCUT2D eigenvalue weighted by molar-refractivity contribution is 5.88. The summed E-state index contributed by atoms with van der Waals surface area (Å²) in [7, 11) is 1.64. The average molecular weight is 349 g/mol. The topological polar surface area (TPSA) is 95.9 Å². The Balaban J connectivity index is 1.68. The quantitative estimate of drug-likeness (QED) is 0.781. The van der Waals surface area contributed by atoms with Crippen molar-refractivity contribution in [3.63, 3.8) is 0 Å². The van der Waals surface area contributed by atoms with Crippen LogP contribution in [-0.4, -0.2) is 32.8 Å². The second-order valence-electron chi connectivity index (χ2n) is 6.29. The molecule has 1 unspecified atom stereocenters. The molecule has 3 aromatic rings. The van der Waals surface area contributed by atoms with Gasteiger partial charge in [-0.25, -0.2) is 0 Å². The molecule has 0 bridgehead atoms. The molecule has 1 aliphatic carbocycles. The number of carbonyl (C=O) groups is 1. The molecule has 2 N–H and O–H groups in total. The number of anilines is 1. The molecule has 1 aromatic carbocycles. The van der Waals surface area contributed by atoms with Gasteiger partial charge in [-0.15, -0.1) is 5.10 Å². The van der Waals surface area contributed by atoms with Crippen LogP contribution >= 0.6 is 0 Å². The van der Waals surface area contributed by atoms with Crippen LogP contribution in [0.15, 0.2) is 42.7 Å². The second-order valence-corrected chi connectivity index (χ2v) is 6.29. The van der Waals surface area contributed by atoms with E-state index in [0.29, 0.717) is 5.82 Å². The van der Waals surface area contributed by atoms with E-state index in [1.807, 2.05) is 18.2 Å². The van der Waals surface area contributed by atoms with Gasteiger partial charge in [0.05, 0.1) is 13.0 Å². The van der Waals surface area contributed by atoms with Crippen LogP contribution in [0.25, 0.3) is 11.4 Å². The Hall–Kier alpha value is -3.22. The molecule has 0 amide bonds. The number of methoxy groups -OCH3 is 1. The van der Waals surface area contributed by atoms with Gasteiger partial charge >= 0.3 is 0 Å². The zero-order valence-corrected chi connectivity index (χ0v) is 14.4. The Kier molecular flexibility index (Phi) is 4.12. The molecule has 7 nitrogen and oxygen atoms in total. The molecule has 26 heavy (non-hydrogen) atoms. The van der Waals surface area contributed by atoms with Crippen LogP contribution in [0.4, 0.5) is 5.95 Å². The first-order valence-corrected chi connectivity index (χ1v) is 8.51. The van der Waals surface area contributed by atoms with Gasteiger partial charge in [0.2, 0.25) is 5.95 Å². The summed E-state index contributed by atoms with van der Waals surface area (Å²) in [5.74, 6) is 0.893. The van der Waals surface area contributed by atoms with Crippen LogP contribution in [0.2, 0.25) is 0 Å². The van der Waals surface area contributed by atoms with E-state index in [1.54, 1.807) is 31.6 Å². The Morgan fingerprint density at radius 3 is 2.85 bits per heavy atom. The Morgan fingerprint density at radius 1 is 1.27 bits per heavy atom. The van der Waals surface area contributed by atoms with Gasteiger partial charge in [-0.05, 0) is 54.7 Å². The number of nitrogen functional groups attached to an aromatic ring is 1. The van der Waals surface area contributed by atoms with E-state index < -0.39 is 0 Å². The van der Waals surface area contributed by atoms with E-state index in [1.165, 1.54) is 4.68 Å². The van der Waals surface area contributed by atoms with Gasteiger partial charge in [-0.1, -0.05) is 6.07 Å². The third-order valence-corrected chi connectivity index (χ3v) is 4.74. The number of hydrogen-bond donors (Lipinski definition) is 1. The lowest BCUT2D eigenvalue weighted by atomic mass is 9.82.